The van der Waals surface area contributed by atoms with E-state index in [1.807, 2.05) is 4.68 Å². The van der Waals surface area contributed by atoms with Crippen molar-refractivity contribution in [2.24, 2.45) is 5.92 Å². The number of aryl methyl sites for hydroxylation is 2. The van der Waals surface area contributed by atoms with Crippen LogP contribution in [0.4, 0.5) is 0 Å². The van der Waals surface area contributed by atoms with Crippen molar-refractivity contribution < 1.29 is 9.53 Å². The molecule has 1 aromatic rings. The summed E-state index contributed by atoms with van der Waals surface area (Å²) < 4.78 is 7.11. The van der Waals surface area contributed by atoms with Crippen LogP contribution in [-0.2, 0) is 28.9 Å². The molecule has 1 saturated heterocycles. The fourth-order valence-corrected chi connectivity index (χ4v) is 2.17. The lowest BCUT2D eigenvalue weighted by Gasteiger charge is -2.08. The minimum absolute atomic E-state index is 0.0778. The third kappa shape index (κ3) is 2.75. The number of aromatic nitrogens is 2. The van der Waals surface area contributed by atoms with Gasteiger partial charge in [-0.25, -0.2) is 0 Å². The molecule has 0 aromatic carbocycles. The molecular weight excluding hydrogens is 216 g/mol. The molecule has 0 spiro atoms. The minimum atomic E-state index is 0.0778. The van der Waals surface area contributed by atoms with Gasteiger partial charge in [-0.3, -0.25) is 9.48 Å². The SMILES string of the molecule is CCc1cc(CC)n(CC(=O)C2CCOC2)n1. The Hall–Kier alpha value is -1.16. The molecule has 1 fully saturated rings. The first-order valence-electron chi connectivity index (χ1n) is 6.40. The minimum Gasteiger partial charge on any atom is -0.381 e. The van der Waals surface area contributed by atoms with E-state index in [1.165, 1.54) is 0 Å². The van der Waals surface area contributed by atoms with Crippen molar-refractivity contribution in [1.29, 1.82) is 0 Å². The van der Waals surface area contributed by atoms with Crippen molar-refractivity contribution in [2.75, 3.05) is 13.2 Å². The van der Waals surface area contributed by atoms with Crippen molar-refractivity contribution in [3.8, 4) is 0 Å². The topological polar surface area (TPSA) is 44.1 Å². The van der Waals surface area contributed by atoms with E-state index in [0.717, 1.165) is 37.3 Å². The Morgan fingerprint density at radius 3 is 2.94 bits per heavy atom. The molecule has 0 amide bonds. The summed E-state index contributed by atoms with van der Waals surface area (Å²) in [5.74, 6) is 0.330. The summed E-state index contributed by atoms with van der Waals surface area (Å²) in [4.78, 5) is 12.0. The number of hydrogen-bond donors (Lipinski definition) is 0. The van der Waals surface area contributed by atoms with Crippen molar-refractivity contribution in [3.05, 3.63) is 17.5 Å². The van der Waals surface area contributed by atoms with Gasteiger partial charge < -0.3 is 4.74 Å². The van der Waals surface area contributed by atoms with Crippen molar-refractivity contribution in [3.63, 3.8) is 0 Å². The number of carbonyl (C=O) groups is 1. The molecule has 0 radical (unpaired) electrons. The standard InChI is InChI=1S/C13H20N2O2/c1-3-11-7-12(4-2)15(14-11)8-13(16)10-5-6-17-9-10/h7,10H,3-6,8-9H2,1-2H3. The average molecular weight is 236 g/mol. The molecule has 2 rings (SSSR count). The third-order valence-electron chi connectivity index (χ3n) is 3.33. The Bertz CT molecular complexity index is 392. The number of nitrogens with zero attached hydrogens (tertiary/aromatic N) is 2. The fraction of sp³-hybridized carbons (Fsp3) is 0.692. The highest BCUT2D eigenvalue weighted by atomic mass is 16.5. The van der Waals surface area contributed by atoms with Gasteiger partial charge in [0.15, 0.2) is 5.78 Å². The highest BCUT2D eigenvalue weighted by Crippen LogP contribution is 2.15. The summed E-state index contributed by atoms with van der Waals surface area (Å²) in [7, 11) is 0. The van der Waals surface area contributed by atoms with Gasteiger partial charge in [-0.2, -0.15) is 5.10 Å². The molecule has 2 heterocycles. The lowest BCUT2D eigenvalue weighted by atomic mass is 10.0. The van der Waals surface area contributed by atoms with Gasteiger partial charge in [-0.1, -0.05) is 13.8 Å². The van der Waals surface area contributed by atoms with Gasteiger partial charge in [0.1, 0.15) is 6.54 Å². The summed E-state index contributed by atoms with van der Waals surface area (Å²) in [5.41, 5.74) is 2.21. The summed E-state index contributed by atoms with van der Waals surface area (Å²) in [6, 6.07) is 2.10. The number of carbonyl (C=O) groups excluding carboxylic acids is 1. The zero-order valence-electron chi connectivity index (χ0n) is 10.6. The number of Topliss-reactive ketones (excluding diaryl/α,β-unsaturated/α-hetero) is 1. The molecule has 0 aliphatic carbocycles. The Morgan fingerprint density at radius 2 is 2.35 bits per heavy atom. The van der Waals surface area contributed by atoms with E-state index in [-0.39, 0.29) is 11.7 Å². The Kier molecular flexibility index (Phi) is 3.94. The second-order valence-corrected chi connectivity index (χ2v) is 4.52. The summed E-state index contributed by atoms with van der Waals surface area (Å²) in [5, 5.41) is 4.47. The molecule has 1 aliphatic heterocycles. The van der Waals surface area contributed by atoms with Crippen molar-refractivity contribution in [2.45, 2.75) is 39.7 Å². The monoisotopic (exact) mass is 236 g/mol. The number of rotatable bonds is 5. The van der Waals surface area contributed by atoms with Crippen LogP contribution < -0.4 is 0 Å². The molecule has 1 unspecified atom stereocenters. The van der Waals surface area contributed by atoms with Crippen LogP contribution in [-0.4, -0.2) is 28.8 Å². The molecule has 0 saturated carbocycles. The predicted molar refractivity (Wildman–Crippen MR) is 64.9 cm³/mol. The van der Waals surface area contributed by atoms with Crippen LogP contribution in [0, 0.1) is 5.92 Å². The van der Waals surface area contributed by atoms with Crippen molar-refractivity contribution >= 4 is 5.78 Å². The molecular formula is C13H20N2O2. The molecule has 0 bridgehead atoms. The molecule has 17 heavy (non-hydrogen) atoms. The van der Waals surface area contributed by atoms with Crippen LogP contribution in [0.1, 0.15) is 31.7 Å². The largest absolute Gasteiger partial charge is 0.381 e. The molecule has 94 valence electrons. The van der Waals surface area contributed by atoms with Gasteiger partial charge in [0.2, 0.25) is 0 Å². The van der Waals surface area contributed by atoms with E-state index >= 15 is 0 Å². The molecule has 1 aliphatic rings. The summed E-state index contributed by atoms with van der Waals surface area (Å²) >= 11 is 0. The van der Waals surface area contributed by atoms with Crippen LogP contribution in [0.2, 0.25) is 0 Å². The van der Waals surface area contributed by atoms with E-state index < -0.39 is 0 Å². The maximum Gasteiger partial charge on any atom is 0.159 e. The third-order valence-corrected chi connectivity index (χ3v) is 3.33. The highest BCUT2D eigenvalue weighted by Gasteiger charge is 2.24. The van der Waals surface area contributed by atoms with Gasteiger partial charge in [-0.05, 0) is 25.3 Å². The van der Waals surface area contributed by atoms with Gasteiger partial charge in [0, 0.05) is 18.2 Å². The zero-order chi connectivity index (χ0) is 12.3. The molecule has 1 aromatic heterocycles. The molecule has 4 nitrogen and oxygen atoms in total. The lowest BCUT2D eigenvalue weighted by Crippen LogP contribution is -2.22. The van der Waals surface area contributed by atoms with Crippen molar-refractivity contribution in [1.82, 2.24) is 9.78 Å². The highest BCUT2D eigenvalue weighted by molar-refractivity contribution is 5.81. The smallest absolute Gasteiger partial charge is 0.159 e. The van der Waals surface area contributed by atoms with Crippen LogP contribution in [0.25, 0.3) is 0 Å². The quantitative estimate of drug-likeness (QED) is 0.780. The van der Waals surface area contributed by atoms with E-state index in [2.05, 4.69) is 25.0 Å². The molecule has 0 N–H and O–H groups in total. The number of ketones is 1. The van der Waals surface area contributed by atoms with Crippen LogP contribution in [0.5, 0.6) is 0 Å². The second kappa shape index (κ2) is 5.45. The summed E-state index contributed by atoms with van der Waals surface area (Å²) in [6.07, 6.45) is 2.70. The zero-order valence-corrected chi connectivity index (χ0v) is 10.6. The average Bonchev–Trinajstić information content (AvgIpc) is 2.97. The Balaban J connectivity index is 2.06. The fourth-order valence-electron chi connectivity index (χ4n) is 2.17. The normalized spacial score (nSPS) is 19.8. The Morgan fingerprint density at radius 1 is 1.53 bits per heavy atom. The first kappa shape index (κ1) is 12.3. The van der Waals surface area contributed by atoms with Gasteiger partial charge >= 0.3 is 0 Å². The maximum atomic E-state index is 12.0. The first-order valence-corrected chi connectivity index (χ1v) is 6.40. The molecule has 1 atom stereocenters. The summed E-state index contributed by atoms with van der Waals surface area (Å²) in [6.45, 7) is 5.88. The van der Waals surface area contributed by atoms with Crippen LogP contribution in [0.15, 0.2) is 6.07 Å². The van der Waals surface area contributed by atoms with E-state index in [1.54, 1.807) is 0 Å². The molecule has 4 heteroatoms. The van der Waals surface area contributed by atoms with Gasteiger partial charge in [0.25, 0.3) is 0 Å². The van der Waals surface area contributed by atoms with Crippen LogP contribution >= 0.6 is 0 Å². The van der Waals surface area contributed by atoms with Gasteiger partial charge in [-0.15, -0.1) is 0 Å². The lowest BCUT2D eigenvalue weighted by molar-refractivity contribution is -0.123. The second-order valence-electron chi connectivity index (χ2n) is 4.52. The van der Waals surface area contributed by atoms with E-state index in [9.17, 15) is 4.79 Å². The number of ether oxygens (including phenoxy) is 1. The van der Waals surface area contributed by atoms with E-state index in [0.29, 0.717) is 13.2 Å². The van der Waals surface area contributed by atoms with E-state index in [4.69, 9.17) is 4.74 Å². The predicted octanol–water partition coefficient (Wildman–Crippen LogP) is 1.61. The van der Waals surface area contributed by atoms with Crippen LogP contribution in [0.3, 0.4) is 0 Å². The number of hydrogen-bond acceptors (Lipinski definition) is 3. The maximum absolute atomic E-state index is 12.0. The van der Waals surface area contributed by atoms with Gasteiger partial charge in [0.05, 0.1) is 12.3 Å². The first-order chi connectivity index (χ1) is 8.24. The Labute approximate surface area is 102 Å².